The Kier molecular flexibility index (Phi) is 8.91. The molecular weight excluding hydrogens is 484 g/mol. The molecule has 3 aromatic rings. The lowest BCUT2D eigenvalue weighted by molar-refractivity contribution is -0.139. The highest BCUT2D eigenvalue weighted by molar-refractivity contribution is 6.32. The molecule has 0 aliphatic carbocycles. The van der Waals surface area contributed by atoms with Crippen LogP contribution in [0, 0.1) is 6.92 Å². The van der Waals surface area contributed by atoms with Gasteiger partial charge in [-0.05, 0) is 65.4 Å². The van der Waals surface area contributed by atoms with Gasteiger partial charge in [-0.2, -0.15) is 5.10 Å². The van der Waals surface area contributed by atoms with Gasteiger partial charge in [0.1, 0.15) is 12.4 Å². The van der Waals surface area contributed by atoms with Gasteiger partial charge in [0.2, 0.25) is 0 Å². The van der Waals surface area contributed by atoms with Crippen molar-refractivity contribution in [3.8, 4) is 17.2 Å². The van der Waals surface area contributed by atoms with E-state index in [0.717, 1.165) is 5.56 Å². The number of phenolic OH excluding ortho intramolecular Hbond substituents is 1. The highest BCUT2D eigenvalue weighted by Crippen LogP contribution is 2.33. The third-order valence-corrected chi connectivity index (χ3v) is 5.54. The van der Waals surface area contributed by atoms with Crippen LogP contribution in [-0.2, 0) is 11.4 Å². The zero-order valence-corrected chi connectivity index (χ0v) is 20.9. The van der Waals surface area contributed by atoms with E-state index in [4.69, 9.17) is 26.2 Å². The van der Waals surface area contributed by atoms with Gasteiger partial charge < -0.3 is 19.7 Å². The third kappa shape index (κ3) is 7.23. The van der Waals surface area contributed by atoms with Gasteiger partial charge in [-0.1, -0.05) is 49.7 Å². The van der Waals surface area contributed by atoms with Crippen LogP contribution in [0.1, 0.15) is 52.4 Å². The van der Waals surface area contributed by atoms with Crippen molar-refractivity contribution in [1.82, 2.24) is 5.43 Å². The van der Waals surface area contributed by atoms with E-state index in [0.29, 0.717) is 22.8 Å². The van der Waals surface area contributed by atoms with Crippen LogP contribution in [0.2, 0.25) is 5.02 Å². The molecule has 3 rings (SSSR count). The van der Waals surface area contributed by atoms with Crippen molar-refractivity contribution in [3.63, 3.8) is 0 Å². The average Bonchev–Trinajstić information content (AvgIpc) is 2.83. The van der Waals surface area contributed by atoms with Crippen molar-refractivity contribution < 1.29 is 29.3 Å². The third-order valence-electron chi connectivity index (χ3n) is 5.23. The molecule has 0 aromatic heterocycles. The molecule has 0 bridgehead atoms. The number of ether oxygens (including phenoxy) is 2. The summed E-state index contributed by atoms with van der Waals surface area (Å²) in [6, 6.07) is 15.5. The molecule has 3 aromatic carbocycles. The number of amides is 1. The molecule has 8 nitrogen and oxygen atoms in total. The van der Waals surface area contributed by atoms with Gasteiger partial charge in [0.05, 0.1) is 11.2 Å². The van der Waals surface area contributed by atoms with Gasteiger partial charge in [-0.25, -0.2) is 10.2 Å². The molecule has 0 aliphatic rings. The van der Waals surface area contributed by atoms with E-state index in [1.165, 1.54) is 30.0 Å². The predicted molar refractivity (Wildman–Crippen MR) is 137 cm³/mol. The van der Waals surface area contributed by atoms with Gasteiger partial charge in [-0.3, -0.25) is 4.79 Å². The number of hydrazone groups is 1. The van der Waals surface area contributed by atoms with Crippen LogP contribution in [0.25, 0.3) is 0 Å². The summed E-state index contributed by atoms with van der Waals surface area (Å²) >= 11 is 5.84. The van der Waals surface area contributed by atoms with Crippen molar-refractivity contribution >= 4 is 29.7 Å². The molecule has 0 spiro atoms. The summed E-state index contributed by atoms with van der Waals surface area (Å²) in [7, 11) is 0. The number of carbonyl (C=O) groups excluding carboxylic acids is 1. The number of benzene rings is 3. The predicted octanol–water partition coefficient (Wildman–Crippen LogP) is 5.28. The summed E-state index contributed by atoms with van der Waals surface area (Å²) in [4.78, 5) is 23.3. The molecule has 36 heavy (non-hydrogen) atoms. The van der Waals surface area contributed by atoms with E-state index < -0.39 is 18.5 Å². The molecule has 9 heteroatoms. The lowest BCUT2D eigenvalue weighted by Crippen LogP contribution is -2.17. The summed E-state index contributed by atoms with van der Waals surface area (Å²) in [6.45, 7) is 5.79. The van der Waals surface area contributed by atoms with Crippen LogP contribution >= 0.6 is 11.6 Å². The van der Waals surface area contributed by atoms with Crippen molar-refractivity contribution in [2.45, 2.75) is 33.3 Å². The van der Waals surface area contributed by atoms with Crippen LogP contribution < -0.4 is 14.9 Å². The number of nitrogens with one attached hydrogen (secondary N) is 1. The summed E-state index contributed by atoms with van der Waals surface area (Å²) in [5.41, 5.74) is 6.06. The molecule has 0 unspecified atom stereocenters. The van der Waals surface area contributed by atoms with Crippen LogP contribution in [0.15, 0.2) is 59.7 Å². The SMILES string of the molecule is Cc1cc(C=NNC(=O)c2ccc(O)c(Cl)c2)cc(OCC(=O)O)c1OCc1ccc(C(C)C)cc1. The fourth-order valence-corrected chi connectivity index (χ4v) is 3.49. The second kappa shape index (κ2) is 12.1. The first-order chi connectivity index (χ1) is 17.1. The van der Waals surface area contributed by atoms with Gasteiger partial charge in [0, 0.05) is 5.56 Å². The largest absolute Gasteiger partial charge is 0.506 e. The zero-order chi connectivity index (χ0) is 26.2. The smallest absolute Gasteiger partial charge is 0.341 e. The molecule has 0 atom stereocenters. The molecule has 0 saturated heterocycles. The average molecular weight is 511 g/mol. The van der Waals surface area contributed by atoms with Crippen LogP contribution in [0.5, 0.6) is 17.2 Å². The lowest BCUT2D eigenvalue weighted by atomic mass is 10.0. The van der Waals surface area contributed by atoms with Gasteiger partial charge in [0.25, 0.3) is 5.91 Å². The number of aryl methyl sites for hydroxylation is 1. The molecule has 1 amide bonds. The summed E-state index contributed by atoms with van der Waals surface area (Å²) in [6.07, 6.45) is 1.40. The number of carboxylic acids is 1. The van der Waals surface area contributed by atoms with Crippen LogP contribution in [0.4, 0.5) is 0 Å². The number of carbonyl (C=O) groups is 2. The quantitative estimate of drug-likeness (QED) is 0.252. The van der Waals surface area contributed by atoms with Crippen molar-refractivity contribution in [2.75, 3.05) is 6.61 Å². The minimum Gasteiger partial charge on any atom is -0.506 e. The Morgan fingerprint density at radius 3 is 2.44 bits per heavy atom. The van der Waals surface area contributed by atoms with Gasteiger partial charge in [-0.15, -0.1) is 0 Å². The molecule has 0 radical (unpaired) electrons. The zero-order valence-electron chi connectivity index (χ0n) is 20.1. The Morgan fingerprint density at radius 1 is 1.08 bits per heavy atom. The van der Waals surface area contributed by atoms with E-state index in [-0.39, 0.29) is 28.7 Å². The fourth-order valence-electron chi connectivity index (χ4n) is 3.31. The molecule has 0 aliphatic heterocycles. The van der Waals surface area contributed by atoms with Crippen molar-refractivity contribution in [3.05, 3.63) is 87.4 Å². The maximum Gasteiger partial charge on any atom is 0.341 e. The first kappa shape index (κ1) is 26.6. The number of phenols is 1. The molecule has 0 fully saturated rings. The summed E-state index contributed by atoms with van der Waals surface area (Å²) < 4.78 is 11.5. The second-order valence-corrected chi connectivity index (χ2v) is 8.80. The fraction of sp³-hybridized carbons (Fsp3) is 0.222. The normalized spacial score (nSPS) is 11.0. The molecule has 0 saturated carbocycles. The van der Waals surface area contributed by atoms with Gasteiger partial charge >= 0.3 is 5.97 Å². The Morgan fingerprint density at radius 2 is 1.81 bits per heavy atom. The monoisotopic (exact) mass is 510 g/mol. The second-order valence-electron chi connectivity index (χ2n) is 8.40. The Hall–Kier alpha value is -4.04. The molecular formula is C27H27ClN2O6. The maximum atomic E-state index is 12.3. The van der Waals surface area contributed by atoms with Crippen molar-refractivity contribution in [1.29, 1.82) is 0 Å². The first-order valence-corrected chi connectivity index (χ1v) is 11.5. The minimum atomic E-state index is -1.12. The number of aliphatic carboxylic acids is 1. The molecule has 3 N–H and O–H groups in total. The van der Waals surface area contributed by atoms with E-state index in [2.05, 4.69) is 36.5 Å². The molecule has 188 valence electrons. The van der Waals surface area contributed by atoms with E-state index in [9.17, 15) is 14.7 Å². The van der Waals surface area contributed by atoms with Crippen LogP contribution in [0.3, 0.4) is 0 Å². The topological polar surface area (TPSA) is 117 Å². The summed E-state index contributed by atoms with van der Waals surface area (Å²) in [5, 5.41) is 22.6. The van der Waals surface area contributed by atoms with E-state index in [1.54, 1.807) is 19.1 Å². The molecule has 0 heterocycles. The van der Waals surface area contributed by atoms with Gasteiger partial charge in [0.15, 0.2) is 18.1 Å². The Labute approximate surface area is 214 Å². The number of aromatic hydroxyl groups is 1. The number of carboxylic acid groups (broad SMARTS) is 1. The Bertz CT molecular complexity index is 1270. The maximum absolute atomic E-state index is 12.3. The number of halogens is 1. The van der Waals surface area contributed by atoms with Crippen LogP contribution in [-0.4, -0.2) is 34.9 Å². The highest BCUT2D eigenvalue weighted by atomic mass is 35.5. The summed E-state index contributed by atoms with van der Waals surface area (Å²) in [5.74, 6) is -0.678. The Balaban J connectivity index is 1.75. The van der Waals surface area contributed by atoms with E-state index in [1.807, 2.05) is 12.1 Å². The number of nitrogens with zero attached hydrogens (tertiary/aromatic N) is 1. The highest BCUT2D eigenvalue weighted by Gasteiger charge is 2.13. The number of hydrogen-bond acceptors (Lipinski definition) is 6. The minimum absolute atomic E-state index is 0.0499. The first-order valence-electron chi connectivity index (χ1n) is 11.2. The van der Waals surface area contributed by atoms with E-state index >= 15 is 0 Å². The number of rotatable bonds is 10. The lowest BCUT2D eigenvalue weighted by Gasteiger charge is -2.16. The van der Waals surface area contributed by atoms with Crippen molar-refractivity contribution in [2.24, 2.45) is 5.10 Å². The standard InChI is InChI=1S/C27H27ClN2O6/c1-16(2)20-6-4-18(5-7-20)14-36-26-17(3)10-19(11-24(26)35-15-25(32)33)13-29-30-27(34)21-8-9-23(31)22(28)12-21/h4-13,16,31H,14-15H2,1-3H3,(H,30,34)(H,32,33). The number of hydrogen-bond donors (Lipinski definition) is 3.